The van der Waals surface area contributed by atoms with Crippen molar-refractivity contribution in [2.24, 2.45) is 0 Å². The normalized spacial score (nSPS) is 10.6. The second kappa shape index (κ2) is 10.1. The molecular weight excluding hydrogens is 390 g/mol. The van der Waals surface area contributed by atoms with Crippen molar-refractivity contribution in [3.05, 3.63) is 41.0 Å². The van der Waals surface area contributed by atoms with Crippen LogP contribution in [-0.2, 0) is 0 Å². The third-order valence-corrected chi connectivity index (χ3v) is 4.33. The highest BCUT2D eigenvalue weighted by Crippen LogP contribution is 2.41. The third-order valence-electron chi connectivity index (χ3n) is 4.33. The number of benzene rings is 2. The third kappa shape index (κ3) is 4.25. The first-order chi connectivity index (χ1) is 14.5. The molecule has 2 aromatic rings. The van der Waals surface area contributed by atoms with Crippen molar-refractivity contribution in [3.63, 3.8) is 0 Å². The van der Waals surface area contributed by atoms with Crippen LogP contribution in [0, 0.1) is 11.3 Å². The van der Waals surface area contributed by atoms with Crippen LogP contribution in [0.2, 0.25) is 0 Å². The van der Waals surface area contributed by atoms with Crippen LogP contribution in [0.1, 0.15) is 15.9 Å². The smallest absolute Gasteiger partial charge is 0.203 e. The molecule has 8 nitrogen and oxygen atoms in total. The Labute approximate surface area is 175 Å². The van der Waals surface area contributed by atoms with Gasteiger partial charge in [-0.2, -0.15) is 5.26 Å². The van der Waals surface area contributed by atoms with Gasteiger partial charge in [0.15, 0.2) is 23.0 Å². The minimum Gasteiger partial charge on any atom is -0.493 e. The van der Waals surface area contributed by atoms with Crippen LogP contribution in [0.3, 0.4) is 0 Å². The summed E-state index contributed by atoms with van der Waals surface area (Å²) in [4.78, 5) is 13.1. The Morgan fingerprint density at radius 2 is 1.30 bits per heavy atom. The predicted molar refractivity (Wildman–Crippen MR) is 110 cm³/mol. The number of carbonyl (C=O) groups excluding carboxylic acids is 1. The Kier molecular flexibility index (Phi) is 7.53. The molecule has 0 aliphatic heterocycles. The first-order valence-electron chi connectivity index (χ1n) is 8.74. The van der Waals surface area contributed by atoms with Crippen LogP contribution in [0.4, 0.5) is 0 Å². The molecule has 2 aromatic carbocycles. The number of nitrogens with zero attached hydrogens (tertiary/aromatic N) is 1. The van der Waals surface area contributed by atoms with Crippen LogP contribution in [0.5, 0.6) is 34.5 Å². The molecule has 158 valence electrons. The van der Waals surface area contributed by atoms with Gasteiger partial charge >= 0.3 is 0 Å². The van der Waals surface area contributed by atoms with Gasteiger partial charge in [-0.25, -0.2) is 0 Å². The number of rotatable bonds is 9. The van der Waals surface area contributed by atoms with Crippen LogP contribution in [0.25, 0.3) is 6.08 Å². The minimum atomic E-state index is -0.520. The van der Waals surface area contributed by atoms with Gasteiger partial charge in [-0.3, -0.25) is 4.79 Å². The van der Waals surface area contributed by atoms with E-state index >= 15 is 0 Å². The van der Waals surface area contributed by atoms with Gasteiger partial charge in [0.2, 0.25) is 17.3 Å². The maximum Gasteiger partial charge on any atom is 0.203 e. The molecule has 8 heteroatoms. The van der Waals surface area contributed by atoms with Crippen molar-refractivity contribution >= 4 is 11.9 Å². The number of hydrogen-bond donors (Lipinski definition) is 0. The van der Waals surface area contributed by atoms with Gasteiger partial charge < -0.3 is 28.4 Å². The summed E-state index contributed by atoms with van der Waals surface area (Å²) in [7, 11) is 8.79. The van der Waals surface area contributed by atoms with Crippen LogP contribution in [0.15, 0.2) is 29.8 Å². The van der Waals surface area contributed by atoms with E-state index < -0.39 is 5.78 Å². The van der Waals surface area contributed by atoms with Crippen LogP contribution >= 0.6 is 0 Å². The summed E-state index contributed by atoms with van der Waals surface area (Å²) < 4.78 is 31.9. The maximum absolute atomic E-state index is 13.1. The van der Waals surface area contributed by atoms with E-state index in [-0.39, 0.29) is 11.1 Å². The fourth-order valence-corrected chi connectivity index (χ4v) is 2.91. The highest BCUT2D eigenvalue weighted by atomic mass is 16.5. The lowest BCUT2D eigenvalue weighted by molar-refractivity contribution is 0.103. The highest BCUT2D eigenvalue weighted by Gasteiger charge is 2.21. The minimum absolute atomic E-state index is 0.116. The molecule has 0 radical (unpaired) electrons. The number of nitriles is 1. The molecule has 30 heavy (non-hydrogen) atoms. The van der Waals surface area contributed by atoms with E-state index in [9.17, 15) is 10.1 Å². The maximum atomic E-state index is 13.1. The Morgan fingerprint density at radius 1 is 0.767 bits per heavy atom. The van der Waals surface area contributed by atoms with E-state index in [1.807, 2.05) is 6.07 Å². The van der Waals surface area contributed by atoms with Crippen LogP contribution < -0.4 is 28.4 Å². The summed E-state index contributed by atoms with van der Waals surface area (Å²) in [5.41, 5.74) is 0.569. The molecular formula is C22H23NO7. The molecule has 0 atom stereocenters. The number of methoxy groups -OCH3 is 6. The zero-order chi connectivity index (χ0) is 22.3. The van der Waals surface area contributed by atoms with Crippen molar-refractivity contribution < 1.29 is 33.2 Å². The molecule has 0 aromatic heterocycles. The number of carbonyl (C=O) groups is 1. The molecule has 0 saturated heterocycles. The number of ketones is 1. The standard InChI is InChI=1S/C22H23NO7/c1-25-16-8-7-13(20(28-4)22(16)30-6)9-15(12-23)19(24)14-10-17(26-2)21(29-5)18(11-14)27-3/h7-11H,1-6H3/b15-9+. The first-order valence-corrected chi connectivity index (χ1v) is 8.74. The summed E-state index contributed by atoms with van der Waals surface area (Å²) in [6, 6.07) is 8.24. The Hall–Kier alpha value is -3.86. The van der Waals surface area contributed by atoms with Gasteiger partial charge in [0, 0.05) is 11.1 Å². The van der Waals surface area contributed by atoms with Crippen molar-refractivity contribution in [2.45, 2.75) is 0 Å². The van der Waals surface area contributed by atoms with Crippen molar-refractivity contribution in [1.82, 2.24) is 0 Å². The number of Topliss-reactive ketones (excluding diaryl/α,β-unsaturated/α-hetero) is 1. The lowest BCUT2D eigenvalue weighted by atomic mass is 10.0. The molecule has 0 amide bonds. The van der Waals surface area contributed by atoms with E-state index in [1.54, 1.807) is 12.1 Å². The Morgan fingerprint density at radius 3 is 1.73 bits per heavy atom. The second-order valence-corrected chi connectivity index (χ2v) is 5.84. The van der Waals surface area contributed by atoms with E-state index in [4.69, 9.17) is 28.4 Å². The van der Waals surface area contributed by atoms with Gasteiger partial charge in [0.1, 0.15) is 11.6 Å². The molecule has 0 bridgehead atoms. The zero-order valence-corrected chi connectivity index (χ0v) is 17.7. The van der Waals surface area contributed by atoms with Crippen molar-refractivity contribution in [1.29, 1.82) is 5.26 Å². The van der Waals surface area contributed by atoms with E-state index in [0.29, 0.717) is 40.1 Å². The lowest BCUT2D eigenvalue weighted by Crippen LogP contribution is -2.05. The summed E-state index contributed by atoms with van der Waals surface area (Å²) in [6.07, 6.45) is 1.42. The second-order valence-electron chi connectivity index (χ2n) is 5.84. The van der Waals surface area contributed by atoms with Crippen LogP contribution in [-0.4, -0.2) is 48.4 Å². The number of ether oxygens (including phenoxy) is 6. The fourth-order valence-electron chi connectivity index (χ4n) is 2.91. The highest BCUT2D eigenvalue weighted by molar-refractivity contribution is 6.14. The Bertz CT molecular complexity index is 980. The molecule has 0 fully saturated rings. The summed E-state index contributed by atoms with van der Waals surface area (Å²) in [5.74, 6) is 1.59. The molecule has 0 spiro atoms. The monoisotopic (exact) mass is 413 g/mol. The van der Waals surface area contributed by atoms with Gasteiger partial charge in [-0.15, -0.1) is 0 Å². The molecule has 0 heterocycles. The van der Waals surface area contributed by atoms with Gasteiger partial charge in [0.25, 0.3) is 0 Å². The van der Waals surface area contributed by atoms with Gasteiger partial charge in [0.05, 0.1) is 42.7 Å². The summed E-state index contributed by atoms with van der Waals surface area (Å²) >= 11 is 0. The van der Waals surface area contributed by atoms with E-state index in [0.717, 1.165) is 0 Å². The predicted octanol–water partition coefficient (Wildman–Crippen LogP) is 3.53. The van der Waals surface area contributed by atoms with Gasteiger partial charge in [-0.05, 0) is 30.3 Å². The quantitative estimate of drug-likeness (QED) is 0.350. The molecule has 0 aliphatic rings. The molecule has 0 N–H and O–H groups in total. The summed E-state index contributed by atoms with van der Waals surface area (Å²) in [6.45, 7) is 0. The molecule has 2 rings (SSSR count). The Balaban J connectivity index is 2.60. The molecule has 0 unspecified atom stereocenters. The zero-order valence-electron chi connectivity index (χ0n) is 17.7. The van der Waals surface area contributed by atoms with Crippen molar-refractivity contribution in [2.75, 3.05) is 42.7 Å². The average molecular weight is 413 g/mol. The number of hydrogen-bond acceptors (Lipinski definition) is 8. The topological polar surface area (TPSA) is 96.2 Å². The first kappa shape index (κ1) is 22.4. The van der Waals surface area contributed by atoms with E-state index in [1.165, 1.54) is 60.9 Å². The van der Waals surface area contributed by atoms with Gasteiger partial charge in [-0.1, -0.05) is 0 Å². The SMILES string of the molecule is COc1cc(C(=O)/C(C#N)=C/c2ccc(OC)c(OC)c2OC)cc(OC)c1OC. The fraction of sp³-hybridized carbons (Fsp3) is 0.273. The van der Waals surface area contributed by atoms with E-state index in [2.05, 4.69) is 0 Å². The lowest BCUT2D eigenvalue weighted by Gasteiger charge is -2.15. The summed E-state index contributed by atoms with van der Waals surface area (Å²) in [5, 5.41) is 9.64. The largest absolute Gasteiger partial charge is 0.493 e. The number of allylic oxidation sites excluding steroid dienone is 1. The van der Waals surface area contributed by atoms with Crippen molar-refractivity contribution in [3.8, 4) is 40.6 Å². The molecule has 0 saturated carbocycles. The molecule has 0 aliphatic carbocycles. The average Bonchev–Trinajstić information content (AvgIpc) is 2.79.